The van der Waals surface area contributed by atoms with E-state index in [1.54, 1.807) is 6.20 Å². The molecule has 3 heterocycles. The number of piperidine rings is 1. The van der Waals surface area contributed by atoms with Crippen LogP contribution in [0.4, 0.5) is 0 Å². The molecule has 0 atom stereocenters. The van der Waals surface area contributed by atoms with E-state index >= 15 is 0 Å². The van der Waals surface area contributed by atoms with Crippen LogP contribution in [-0.2, 0) is 5.41 Å². The Labute approximate surface area is 100 Å². The van der Waals surface area contributed by atoms with Crippen molar-refractivity contribution in [3.05, 3.63) is 24.2 Å². The molecule has 0 aliphatic carbocycles. The van der Waals surface area contributed by atoms with Crippen LogP contribution in [0.3, 0.4) is 0 Å². The maximum Gasteiger partial charge on any atom is 0.203 e. The molecule has 0 saturated carbocycles. The van der Waals surface area contributed by atoms with Gasteiger partial charge in [-0.3, -0.25) is 0 Å². The molecule has 1 saturated heterocycles. The zero-order valence-corrected chi connectivity index (χ0v) is 10.1. The number of nitrogens with one attached hydrogen (secondary N) is 1. The van der Waals surface area contributed by atoms with Gasteiger partial charge in [0.15, 0.2) is 11.2 Å². The fourth-order valence-electron chi connectivity index (χ4n) is 2.62. The summed E-state index contributed by atoms with van der Waals surface area (Å²) in [5, 5.41) is 3.39. The molecule has 0 amide bonds. The van der Waals surface area contributed by atoms with Crippen LogP contribution in [0.15, 0.2) is 22.7 Å². The van der Waals surface area contributed by atoms with E-state index in [1.807, 2.05) is 12.1 Å². The highest BCUT2D eigenvalue weighted by atomic mass is 16.3. The second-order valence-electron chi connectivity index (χ2n) is 4.73. The molecule has 2 aromatic rings. The number of hydrogen-bond acceptors (Lipinski definition) is 4. The molecule has 90 valence electrons. The molecule has 0 bridgehead atoms. The topological polar surface area (TPSA) is 51.0 Å². The van der Waals surface area contributed by atoms with E-state index in [1.165, 1.54) is 0 Å². The SMILES string of the molecule is CCC1(c2nc3ncccc3o2)CCNCC1. The van der Waals surface area contributed by atoms with Crippen molar-refractivity contribution in [3.63, 3.8) is 0 Å². The summed E-state index contributed by atoms with van der Waals surface area (Å²) in [6.45, 7) is 4.30. The smallest absolute Gasteiger partial charge is 0.203 e. The summed E-state index contributed by atoms with van der Waals surface area (Å²) in [5.74, 6) is 0.871. The average Bonchev–Trinajstić information content (AvgIpc) is 2.84. The van der Waals surface area contributed by atoms with E-state index in [0.29, 0.717) is 0 Å². The lowest BCUT2D eigenvalue weighted by Crippen LogP contribution is -2.39. The van der Waals surface area contributed by atoms with Crippen LogP contribution in [-0.4, -0.2) is 23.1 Å². The number of aromatic nitrogens is 2. The van der Waals surface area contributed by atoms with Crippen molar-refractivity contribution < 1.29 is 4.42 Å². The Balaban J connectivity index is 2.05. The van der Waals surface area contributed by atoms with Gasteiger partial charge in [-0.2, -0.15) is 4.98 Å². The van der Waals surface area contributed by atoms with Gasteiger partial charge in [0, 0.05) is 11.6 Å². The third-order valence-corrected chi connectivity index (χ3v) is 3.86. The van der Waals surface area contributed by atoms with Gasteiger partial charge < -0.3 is 9.73 Å². The monoisotopic (exact) mass is 231 g/mol. The lowest BCUT2D eigenvalue weighted by Gasteiger charge is -2.33. The molecule has 4 heteroatoms. The minimum atomic E-state index is 0.103. The van der Waals surface area contributed by atoms with Gasteiger partial charge >= 0.3 is 0 Å². The molecule has 0 unspecified atom stereocenters. The van der Waals surface area contributed by atoms with Crippen LogP contribution in [0.25, 0.3) is 11.2 Å². The van der Waals surface area contributed by atoms with Crippen LogP contribution in [0, 0.1) is 0 Å². The molecule has 1 N–H and O–H groups in total. The van der Waals surface area contributed by atoms with Gasteiger partial charge in [0.1, 0.15) is 0 Å². The average molecular weight is 231 g/mol. The van der Waals surface area contributed by atoms with E-state index in [9.17, 15) is 0 Å². The third kappa shape index (κ3) is 1.72. The van der Waals surface area contributed by atoms with E-state index in [-0.39, 0.29) is 5.41 Å². The van der Waals surface area contributed by atoms with Crippen molar-refractivity contribution in [1.29, 1.82) is 0 Å². The summed E-state index contributed by atoms with van der Waals surface area (Å²) in [7, 11) is 0. The molecule has 1 aliphatic rings. The number of pyridine rings is 1. The number of rotatable bonds is 2. The largest absolute Gasteiger partial charge is 0.438 e. The molecule has 1 aliphatic heterocycles. The third-order valence-electron chi connectivity index (χ3n) is 3.86. The van der Waals surface area contributed by atoms with Crippen LogP contribution >= 0.6 is 0 Å². The quantitative estimate of drug-likeness (QED) is 0.861. The molecule has 3 rings (SSSR count). The lowest BCUT2D eigenvalue weighted by atomic mass is 9.76. The number of oxazole rings is 1. The van der Waals surface area contributed by atoms with Crippen LogP contribution in [0.5, 0.6) is 0 Å². The Bertz CT molecular complexity index is 481. The van der Waals surface area contributed by atoms with E-state index in [4.69, 9.17) is 4.42 Å². The Hall–Kier alpha value is -1.42. The Kier molecular flexibility index (Phi) is 2.59. The molecular formula is C13H17N3O. The second-order valence-corrected chi connectivity index (χ2v) is 4.73. The number of hydrogen-bond donors (Lipinski definition) is 1. The van der Waals surface area contributed by atoms with Gasteiger partial charge in [-0.05, 0) is 44.5 Å². The zero-order chi connectivity index (χ0) is 11.7. The zero-order valence-electron chi connectivity index (χ0n) is 10.1. The van der Waals surface area contributed by atoms with Crippen LogP contribution in [0.1, 0.15) is 32.1 Å². The minimum absolute atomic E-state index is 0.103. The predicted molar refractivity (Wildman–Crippen MR) is 65.9 cm³/mol. The van der Waals surface area contributed by atoms with Crippen molar-refractivity contribution in [1.82, 2.24) is 15.3 Å². The summed E-state index contributed by atoms with van der Waals surface area (Å²) in [6.07, 6.45) is 5.02. The maximum atomic E-state index is 5.90. The Morgan fingerprint density at radius 1 is 1.41 bits per heavy atom. The van der Waals surface area contributed by atoms with Gasteiger partial charge in [-0.15, -0.1) is 0 Å². The standard InChI is InChI=1S/C13H17N3O/c1-2-13(5-8-14-9-6-13)12-16-11-10(17-12)4-3-7-15-11/h3-4,7,14H,2,5-6,8-9H2,1H3. The molecule has 0 spiro atoms. The minimum Gasteiger partial charge on any atom is -0.438 e. The fourth-order valence-corrected chi connectivity index (χ4v) is 2.62. The Morgan fingerprint density at radius 3 is 2.94 bits per heavy atom. The van der Waals surface area contributed by atoms with Gasteiger partial charge in [-0.25, -0.2) is 4.98 Å². The summed E-state index contributed by atoms with van der Waals surface area (Å²) in [5.41, 5.74) is 1.63. The molecule has 0 aromatic carbocycles. The van der Waals surface area contributed by atoms with Crippen molar-refractivity contribution in [3.8, 4) is 0 Å². The first-order chi connectivity index (χ1) is 8.34. The van der Waals surface area contributed by atoms with Gasteiger partial charge in [-0.1, -0.05) is 6.92 Å². The maximum absolute atomic E-state index is 5.90. The highest BCUT2D eigenvalue weighted by molar-refractivity contribution is 5.67. The Morgan fingerprint density at radius 2 is 2.24 bits per heavy atom. The van der Waals surface area contributed by atoms with E-state index in [2.05, 4.69) is 22.2 Å². The number of fused-ring (bicyclic) bond motifs is 1. The highest BCUT2D eigenvalue weighted by Gasteiger charge is 2.36. The first-order valence-corrected chi connectivity index (χ1v) is 6.27. The predicted octanol–water partition coefficient (Wildman–Crippen LogP) is 2.25. The summed E-state index contributed by atoms with van der Waals surface area (Å²) < 4.78 is 5.90. The molecule has 1 fully saturated rings. The van der Waals surface area contributed by atoms with Gasteiger partial charge in [0.05, 0.1) is 0 Å². The number of nitrogens with zero attached hydrogens (tertiary/aromatic N) is 2. The summed E-state index contributed by atoms with van der Waals surface area (Å²) in [4.78, 5) is 8.82. The molecule has 17 heavy (non-hydrogen) atoms. The summed E-state index contributed by atoms with van der Waals surface area (Å²) >= 11 is 0. The van der Waals surface area contributed by atoms with E-state index in [0.717, 1.165) is 49.5 Å². The molecule has 4 nitrogen and oxygen atoms in total. The lowest BCUT2D eigenvalue weighted by molar-refractivity contribution is 0.243. The normalized spacial score (nSPS) is 19.6. The molecule has 0 radical (unpaired) electrons. The van der Waals surface area contributed by atoms with Crippen molar-refractivity contribution in [2.45, 2.75) is 31.6 Å². The highest BCUT2D eigenvalue weighted by Crippen LogP contribution is 2.37. The van der Waals surface area contributed by atoms with Crippen molar-refractivity contribution >= 4 is 11.2 Å². The fraction of sp³-hybridized carbons (Fsp3) is 0.538. The second kappa shape index (κ2) is 4.11. The summed E-state index contributed by atoms with van der Waals surface area (Å²) in [6, 6.07) is 3.82. The first kappa shape index (κ1) is 10.7. The molecule has 2 aromatic heterocycles. The van der Waals surface area contributed by atoms with Crippen molar-refractivity contribution in [2.24, 2.45) is 0 Å². The first-order valence-electron chi connectivity index (χ1n) is 6.27. The van der Waals surface area contributed by atoms with Gasteiger partial charge in [0.2, 0.25) is 5.89 Å². The van der Waals surface area contributed by atoms with Crippen LogP contribution < -0.4 is 5.32 Å². The van der Waals surface area contributed by atoms with Crippen molar-refractivity contribution in [2.75, 3.05) is 13.1 Å². The molecular weight excluding hydrogens is 214 g/mol. The van der Waals surface area contributed by atoms with Gasteiger partial charge in [0.25, 0.3) is 0 Å². The van der Waals surface area contributed by atoms with E-state index < -0.39 is 0 Å². The van der Waals surface area contributed by atoms with Crippen LogP contribution in [0.2, 0.25) is 0 Å².